The average molecular weight is 853 g/mol. The quantitative estimate of drug-likeness (QED) is 0.147. The van der Waals surface area contributed by atoms with Gasteiger partial charge in [-0.2, -0.15) is 0 Å². The molecular weight excluding hydrogens is 805 g/mol. The van der Waals surface area contributed by atoms with Crippen molar-refractivity contribution in [3.63, 3.8) is 0 Å². The van der Waals surface area contributed by atoms with Crippen LogP contribution in [0.1, 0.15) is 22.3 Å². The van der Waals surface area contributed by atoms with Crippen molar-refractivity contribution in [2.24, 2.45) is 0 Å². The molecule has 0 heterocycles. The molecule has 10 aromatic carbocycles. The molecule has 0 saturated heterocycles. The summed E-state index contributed by atoms with van der Waals surface area (Å²) in [5.41, 5.74) is 17.1. The fourth-order valence-electron chi connectivity index (χ4n) is 10.8. The first kappa shape index (κ1) is 38.4. The van der Waals surface area contributed by atoms with Crippen LogP contribution in [0.5, 0.6) is 0 Å². The van der Waals surface area contributed by atoms with Crippen LogP contribution in [0, 0.1) is 0 Å². The molecule has 0 unspecified atom stereocenters. The Labute approximate surface area is 380 Å². The molecule has 0 amide bonds. The van der Waals surface area contributed by atoms with E-state index in [1.165, 1.54) is 87.8 Å². The lowest BCUT2D eigenvalue weighted by molar-refractivity contribution is 0.796. The van der Waals surface area contributed by atoms with Crippen LogP contribution in [0.25, 0.3) is 43.8 Å². The Kier molecular flexibility index (Phi) is 8.81. The van der Waals surface area contributed by atoms with Gasteiger partial charge in [-0.05, 0) is 163 Å². The SMILES string of the molecule is C[Si](C)(C)c1cccc(N(c2ccccc2)c2ccc3cc4c(cc3c2)C2(c3ccccc3-c3ccccc32)c2cc3cc(N(c5ccccc5)c5cccc([SiH3])c5)ccc3cc2-4)c1. The van der Waals surface area contributed by atoms with E-state index < -0.39 is 13.5 Å². The van der Waals surface area contributed by atoms with E-state index in [0.717, 1.165) is 33.0 Å². The molecule has 0 radical (unpaired) electrons. The van der Waals surface area contributed by atoms with Crippen molar-refractivity contribution in [1.82, 2.24) is 0 Å². The van der Waals surface area contributed by atoms with Gasteiger partial charge in [-0.1, -0.05) is 151 Å². The normalized spacial score (nSPS) is 13.2. The standard InChI is InChI=1S/C60H48N2Si2/c1-64(2,3)51-23-15-21-47(39-51)62(45-18-8-5-9-19-45)49-31-29-41-35-55-54-34-40-28-30-48(61(44-16-6-4-7-17-44)46-20-14-22-50(63)38-46)32-42(40)36-58(54)60(59(55)37-43(41)33-49)56-26-12-10-24-52(56)53-25-11-13-27-57(53)60/h4-39H,1-3,63H3. The summed E-state index contributed by atoms with van der Waals surface area (Å²) in [4.78, 5) is 4.84. The van der Waals surface area contributed by atoms with Gasteiger partial charge in [0.1, 0.15) is 0 Å². The lowest BCUT2D eigenvalue weighted by atomic mass is 9.70. The summed E-state index contributed by atoms with van der Waals surface area (Å²) in [5, 5.41) is 7.78. The molecule has 1 spiro atoms. The van der Waals surface area contributed by atoms with Crippen LogP contribution in [-0.4, -0.2) is 18.3 Å². The molecule has 2 aliphatic carbocycles. The van der Waals surface area contributed by atoms with Crippen molar-refractivity contribution >= 4 is 84.4 Å². The molecule has 12 rings (SSSR count). The van der Waals surface area contributed by atoms with Crippen molar-refractivity contribution in [3.8, 4) is 22.3 Å². The molecule has 2 nitrogen and oxygen atoms in total. The van der Waals surface area contributed by atoms with Crippen LogP contribution < -0.4 is 20.2 Å². The molecular formula is C60H48N2Si2. The molecule has 0 atom stereocenters. The van der Waals surface area contributed by atoms with E-state index >= 15 is 0 Å². The zero-order chi connectivity index (χ0) is 43.2. The summed E-state index contributed by atoms with van der Waals surface area (Å²) in [7, 11) is -0.570. The van der Waals surface area contributed by atoms with Gasteiger partial charge in [-0.25, -0.2) is 0 Å². The minimum absolute atomic E-state index is 0.489. The van der Waals surface area contributed by atoms with Gasteiger partial charge in [0.25, 0.3) is 0 Å². The molecule has 64 heavy (non-hydrogen) atoms. The number of nitrogens with zero attached hydrogens (tertiary/aromatic N) is 2. The maximum Gasteiger partial charge on any atom is 0.0776 e. The van der Waals surface area contributed by atoms with E-state index in [4.69, 9.17) is 0 Å². The molecule has 0 saturated carbocycles. The smallest absolute Gasteiger partial charge is 0.0776 e. The summed E-state index contributed by atoms with van der Waals surface area (Å²) in [5.74, 6) is 0. The first-order valence-corrected chi connectivity index (χ1v) is 27.0. The first-order chi connectivity index (χ1) is 31.3. The van der Waals surface area contributed by atoms with Crippen molar-refractivity contribution in [1.29, 1.82) is 0 Å². The Morgan fingerprint density at radius 1 is 0.328 bits per heavy atom. The van der Waals surface area contributed by atoms with Crippen LogP contribution in [0.3, 0.4) is 0 Å². The van der Waals surface area contributed by atoms with E-state index in [1.54, 1.807) is 0 Å². The molecule has 0 N–H and O–H groups in total. The molecule has 2 aliphatic rings. The summed E-state index contributed by atoms with van der Waals surface area (Å²) < 4.78 is 0. The maximum absolute atomic E-state index is 2.53. The minimum atomic E-state index is -1.56. The molecule has 4 heteroatoms. The Morgan fingerprint density at radius 2 is 0.766 bits per heavy atom. The van der Waals surface area contributed by atoms with Crippen molar-refractivity contribution in [3.05, 3.63) is 241 Å². The van der Waals surface area contributed by atoms with Gasteiger partial charge >= 0.3 is 0 Å². The Bertz CT molecular complexity index is 3420. The predicted octanol–water partition coefficient (Wildman–Crippen LogP) is 13.8. The Hall–Kier alpha value is -7.25. The fourth-order valence-corrected chi connectivity index (χ4v) is 12.5. The third kappa shape index (κ3) is 5.97. The number of hydrogen-bond acceptors (Lipinski definition) is 2. The predicted molar refractivity (Wildman–Crippen MR) is 280 cm³/mol. The van der Waals surface area contributed by atoms with E-state index in [2.05, 4.69) is 248 Å². The monoisotopic (exact) mass is 852 g/mol. The van der Waals surface area contributed by atoms with Gasteiger partial charge in [-0.15, -0.1) is 0 Å². The maximum atomic E-state index is 2.53. The van der Waals surface area contributed by atoms with Gasteiger partial charge in [0.15, 0.2) is 0 Å². The Morgan fingerprint density at radius 3 is 1.27 bits per heavy atom. The zero-order valence-electron chi connectivity index (χ0n) is 36.7. The van der Waals surface area contributed by atoms with Crippen LogP contribution in [0.15, 0.2) is 218 Å². The summed E-state index contributed by atoms with van der Waals surface area (Å²) in [6.45, 7) is 7.28. The highest BCUT2D eigenvalue weighted by Gasteiger charge is 2.51. The second-order valence-electron chi connectivity index (χ2n) is 18.7. The second kappa shape index (κ2) is 14.7. The molecule has 306 valence electrons. The van der Waals surface area contributed by atoms with Gasteiger partial charge < -0.3 is 9.80 Å². The molecule has 0 aliphatic heterocycles. The number of fused-ring (bicyclic) bond motifs is 12. The molecule has 0 aromatic heterocycles. The summed E-state index contributed by atoms with van der Waals surface area (Å²) in [6.07, 6.45) is 0. The van der Waals surface area contributed by atoms with Crippen molar-refractivity contribution in [2.75, 3.05) is 9.80 Å². The van der Waals surface area contributed by atoms with Crippen LogP contribution >= 0.6 is 0 Å². The van der Waals surface area contributed by atoms with E-state index in [1.807, 2.05) is 0 Å². The zero-order valence-corrected chi connectivity index (χ0v) is 39.7. The third-order valence-electron chi connectivity index (χ3n) is 13.7. The largest absolute Gasteiger partial charge is 0.310 e. The van der Waals surface area contributed by atoms with Crippen molar-refractivity contribution in [2.45, 2.75) is 25.1 Å². The van der Waals surface area contributed by atoms with Crippen LogP contribution in [-0.2, 0) is 5.41 Å². The molecule has 0 fully saturated rings. The van der Waals surface area contributed by atoms with Gasteiger partial charge in [0, 0.05) is 44.4 Å². The highest BCUT2D eigenvalue weighted by atomic mass is 28.3. The number of para-hydroxylation sites is 2. The lowest BCUT2D eigenvalue weighted by Gasteiger charge is -2.31. The highest BCUT2D eigenvalue weighted by Crippen LogP contribution is 2.64. The lowest BCUT2D eigenvalue weighted by Crippen LogP contribution is -2.37. The van der Waals surface area contributed by atoms with Gasteiger partial charge in [0.2, 0.25) is 0 Å². The summed E-state index contributed by atoms with van der Waals surface area (Å²) in [6, 6.07) is 82.2. The van der Waals surface area contributed by atoms with Crippen LogP contribution in [0.2, 0.25) is 19.6 Å². The third-order valence-corrected chi connectivity index (χ3v) is 16.4. The Balaban J connectivity index is 1.09. The van der Waals surface area contributed by atoms with Crippen molar-refractivity contribution < 1.29 is 0 Å². The fraction of sp³-hybridized carbons (Fsp3) is 0.0667. The van der Waals surface area contributed by atoms with Gasteiger partial charge in [-0.3, -0.25) is 0 Å². The second-order valence-corrected chi connectivity index (χ2v) is 24.9. The van der Waals surface area contributed by atoms with E-state index in [-0.39, 0.29) is 0 Å². The minimum Gasteiger partial charge on any atom is -0.310 e. The molecule has 0 bridgehead atoms. The highest BCUT2D eigenvalue weighted by molar-refractivity contribution is 6.88. The number of hydrogen-bond donors (Lipinski definition) is 0. The van der Waals surface area contributed by atoms with E-state index in [9.17, 15) is 0 Å². The van der Waals surface area contributed by atoms with E-state index in [0.29, 0.717) is 0 Å². The van der Waals surface area contributed by atoms with Crippen LogP contribution in [0.4, 0.5) is 34.1 Å². The topological polar surface area (TPSA) is 6.48 Å². The number of benzene rings is 10. The summed E-state index contributed by atoms with van der Waals surface area (Å²) >= 11 is 0. The number of rotatable bonds is 7. The first-order valence-electron chi connectivity index (χ1n) is 22.5. The molecule has 10 aromatic rings. The average Bonchev–Trinajstić information content (AvgIpc) is 3.77. The number of anilines is 6. The van der Waals surface area contributed by atoms with Gasteiger partial charge in [0.05, 0.1) is 13.5 Å².